The number of carbonyl (C=O) groups is 1. The third kappa shape index (κ3) is 5.44. The Labute approximate surface area is 127 Å². The smallest absolute Gasteiger partial charge is 0.224 e. The van der Waals surface area contributed by atoms with Gasteiger partial charge in [-0.3, -0.25) is 14.7 Å². The van der Waals surface area contributed by atoms with Crippen LogP contribution in [0, 0.1) is 0 Å². The van der Waals surface area contributed by atoms with Gasteiger partial charge >= 0.3 is 0 Å². The Morgan fingerprint density at radius 1 is 1.29 bits per heavy atom. The van der Waals surface area contributed by atoms with Crippen molar-refractivity contribution in [3.8, 4) is 0 Å². The molecule has 2 rings (SSSR count). The molecule has 1 aromatic rings. The van der Waals surface area contributed by atoms with Crippen molar-refractivity contribution < 1.29 is 4.79 Å². The maximum absolute atomic E-state index is 11.9. The zero-order chi connectivity index (χ0) is 15.1. The van der Waals surface area contributed by atoms with Gasteiger partial charge in [0.2, 0.25) is 5.91 Å². The summed E-state index contributed by atoms with van der Waals surface area (Å²) in [6, 6.07) is 4.29. The fourth-order valence-corrected chi connectivity index (χ4v) is 2.61. The molecular weight excluding hydrogens is 264 g/mol. The molecule has 1 amide bonds. The molecule has 2 heterocycles. The van der Waals surface area contributed by atoms with Crippen molar-refractivity contribution in [3.05, 3.63) is 30.1 Å². The van der Waals surface area contributed by atoms with Gasteiger partial charge in [-0.05, 0) is 38.1 Å². The Balaban J connectivity index is 1.63. The maximum atomic E-state index is 11.9. The fourth-order valence-electron chi connectivity index (χ4n) is 2.61. The number of rotatable bonds is 6. The van der Waals surface area contributed by atoms with E-state index in [0.717, 1.165) is 44.7 Å². The Kier molecular flexibility index (Phi) is 6.14. The number of carbonyl (C=O) groups excluding carboxylic acids is 1. The highest BCUT2D eigenvalue weighted by Gasteiger charge is 2.18. The highest BCUT2D eigenvalue weighted by atomic mass is 16.1. The van der Waals surface area contributed by atoms with Crippen LogP contribution in [0.5, 0.6) is 0 Å². The summed E-state index contributed by atoms with van der Waals surface area (Å²) in [6.07, 6.45) is 4.88. The monoisotopic (exact) mass is 290 g/mol. The Morgan fingerprint density at radius 3 is 2.62 bits per heavy atom. The first kappa shape index (κ1) is 15.9. The molecule has 1 aliphatic heterocycles. The van der Waals surface area contributed by atoms with Crippen molar-refractivity contribution >= 4 is 5.91 Å². The summed E-state index contributed by atoms with van der Waals surface area (Å²) in [7, 11) is 2.17. The topological polar surface area (TPSA) is 48.5 Å². The van der Waals surface area contributed by atoms with Crippen LogP contribution in [0.2, 0.25) is 0 Å². The molecule has 1 N–H and O–H groups in total. The molecule has 1 aliphatic rings. The molecule has 0 spiro atoms. The fraction of sp³-hybridized carbons (Fsp3) is 0.625. The molecule has 0 aliphatic carbocycles. The van der Waals surface area contributed by atoms with E-state index in [4.69, 9.17) is 0 Å². The average molecular weight is 290 g/mol. The molecule has 1 saturated heterocycles. The van der Waals surface area contributed by atoms with Crippen LogP contribution < -0.4 is 5.32 Å². The molecule has 0 unspecified atom stereocenters. The lowest BCUT2D eigenvalue weighted by Crippen LogP contribution is -2.48. The predicted octanol–water partition coefficient (Wildman–Crippen LogP) is 0.766. The van der Waals surface area contributed by atoms with E-state index in [-0.39, 0.29) is 5.91 Å². The molecule has 0 aromatic carbocycles. The molecule has 21 heavy (non-hydrogen) atoms. The summed E-state index contributed by atoms with van der Waals surface area (Å²) in [5, 5.41) is 3.01. The number of amides is 1. The van der Waals surface area contributed by atoms with Crippen molar-refractivity contribution in [1.29, 1.82) is 0 Å². The molecule has 0 radical (unpaired) electrons. The molecule has 5 nitrogen and oxygen atoms in total. The molecule has 0 bridgehead atoms. The summed E-state index contributed by atoms with van der Waals surface area (Å²) in [6.45, 7) is 7.53. The first-order valence-electron chi connectivity index (χ1n) is 7.73. The van der Waals surface area contributed by atoms with Crippen LogP contribution in [0.4, 0.5) is 0 Å². The van der Waals surface area contributed by atoms with Crippen molar-refractivity contribution in [2.45, 2.75) is 25.8 Å². The number of likely N-dealkylation sites (N-methyl/N-ethyl adjacent to an activating group) is 1. The number of aromatic nitrogens is 1. The highest BCUT2D eigenvalue weighted by molar-refractivity contribution is 5.78. The maximum Gasteiger partial charge on any atom is 0.224 e. The number of nitrogens with one attached hydrogen (secondary N) is 1. The zero-order valence-electron chi connectivity index (χ0n) is 13.1. The number of nitrogens with zero attached hydrogens (tertiary/aromatic N) is 3. The second-order valence-corrected chi connectivity index (χ2v) is 5.86. The molecular formula is C16H26N4O. The van der Waals surface area contributed by atoms with Gasteiger partial charge in [-0.2, -0.15) is 0 Å². The van der Waals surface area contributed by atoms with Crippen LogP contribution in [0.15, 0.2) is 24.5 Å². The van der Waals surface area contributed by atoms with E-state index in [1.165, 1.54) is 0 Å². The first-order valence-corrected chi connectivity index (χ1v) is 7.73. The first-order chi connectivity index (χ1) is 10.1. The zero-order valence-corrected chi connectivity index (χ0v) is 13.1. The van der Waals surface area contributed by atoms with Crippen molar-refractivity contribution in [1.82, 2.24) is 20.1 Å². The van der Waals surface area contributed by atoms with E-state index >= 15 is 0 Å². The van der Waals surface area contributed by atoms with E-state index in [1.54, 1.807) is 12.4 Å². The SMILES string of the molecule is C[C@H](CCNC(=O)Cc1ccncc1)N1CCN(C)CC1. The van der Waals surface area contributed by atoms with Gasteiger partial charge in [0.1, 0.15) is 0 Å². The number of hydrogen-bond donors (Lipinski definition) is 1. The standard InChI is InChI=1S/C16H26N4O/c1-14(20-11-9-19(2)10-12-20)3-8-18-16(21)13-15-4-6-17-7-5-15/h4-7,14H,3,8-13H2,1-2H3,(H,18,21)/t14-/m1/s1. The van der Waals surface area contributed by atoms with Crippen molar-refractivity contribution in [3.63, 3.8) is 0 Å². The van der Waals surface area contributed by atoms with E-state index in [1.807, 2.05) is 12.1 Å². The van der Waals surface area contributed by atoms with E-state index in [2.05, 4.69) is 34.1 Å². The summed E-state index contributed by atoms with van der Waals surface area (Å²) in [4.78, 5) is 20.7. The largest absolute Gasteiger partial charge is 0.356 e. The Morgan fingerprint density at radius 2 is 1.95 bits per heavy atom. The van der Waals surface area contributed by atoms with Gasteiger partial charge in [0, 0.05) is 51.2 Å². The van der Waals surface area contributed by atoms with Crippen molar-refractivity contribution in [2.75, 3.05) is 39.8 Å². The Hall–Kier alpha value is -1.46. The van der Waals surface area contributed by atoms with Gasteiger partial charge in [-0.25, -0.2) is 0 Å². The summed E-state index contributed by atoms with van der Waals surface area (Å²) < 4.78 is 0. The van der Waals surface area contributed by atoms with Gasteiger partial charge in [-0.15, -0.1) is 0 Å². The molecule has 1 fully saturated rings. The minimum atomic E-state index is 0.0896. The van der Waals surface area contributed by atoms with Crippen LogP contribution in [0.25, 0.3) is 0 Å². The molecule has 116 valence electrons. The van der Waals surface area contributed by atoms with E-state index < -0.39 is 0 Å². The van der Waals surface area contributed by atoms with Crippen molar-refractivity contribution in [2.24, 2.45) is 0 Å². The molecule has 1 aromatic heterocycles. The minimum absolute atomic E-state index is 0.0896. The van der Waals surface area contributed by atoms with Crippen LogP contribution >= 0.6 is 0 Å². The average Bonchev–Trinajstić information content (AvgIpc) is 2.49. The lowest BCUT2D eigenvalue weighted by atomic mass is 10.1. The minimum Gasteiger partial charge on any atom is -0.356 e. The lowest BCUT2D eigenvalue weighted by molar-refractivity contribution is -0.120. The second-order valence-electron chi connectivity index (χ2n) is 5.86. The number of pyridine rings is 1. The van der Waals surface area contributed by atoms with Gasteiger partial charge in [-0.1, -0.05) is 0 Å². The van der Waals surface area contributed by atoms with Crippen LogP contribution in [0.1, 0.15) is 18.9 Å². The third-order valence-corrected chi connectivity index (χ3v) is 4.16. The van der Waals surface area contributed by atoms with E-state index in [9.17, 15) is 4.79 Å². The highest BCUT2D eigenvalue weighted by Crippen LogP contribution is 2.07. The summed E-state index contributed by atoms with van der Waals surface area (Å²) >= 11 is 0. The van der Waals surface area contributed by atoms with Crippen LogP contribution in [-0.2, 0) is 11.2 Å². The normalized spacial score (nSPS) is 18.4. The third-order valence-electron chi connectivity index (χ3n) is 4.16. The molecule has 5 heteroatoms. The van der Waals surface area contributed by atoms with Gasteiger partial charge in [0.15, 0.2) is 0 Å². The molecule has 1 atom stereocenters. The predicted molar refractivity (Wildman–Crippen MR) is 84.1 cm³/mol. The number of piperazine rings is 1. The molecule has 0 saturated carbocycles. The van der Waals surface area contributed by atoms with Gasteiger partial charge in [0.25, 0.3) is 0 Å². The van der Waals surface area contributed by atoms with Crippen LogP contribution in [-0.4, -0.2) is 66.5 Å². The summed E-state index contributed by atoms with van der Waals surface area (Å²) in [5.41, 5.74) is 1.01. The quantitative estimate of drug-likeness (QED) is 0.840. The number of hydrogen-bond acceptors (Lipinski definition) is 4. The van der Waals surface area contributed by atoms with E-state index in [0.29, 0.717) is 12.5 Å². The Bertz CT molecular complexity index is 429. The van der Waals surface area contributed by atoms with Crippen LogP contribution in [0.3, 0.4) is 0 Å². The lowest BCUT2D eigenvalue weighted by Gasteiger charge is -2.36. The van der Waals surface area contributed by atoms with Gasteiger partial charge < -0.3 is 10.2 Å². The second kappa shape index (κ2) is 8.10. The van der Waals surface area contributed by atoms with Gasteiger partial charge in [0.05, 0.1) is 6.42 Å². The summed E-state index contributed by atoms with van der Waals surface area (Å²) in [5.74, 6) is 0.0896.